The van der Waals surface area contributed by atoms with Gasteiger partial charge in [-0.15, -0.1) is 0 Å². The second kappa shape index (κ2) is 8.74. The Balaban J connectivity index is 1.68. The molecule has 2 aromatic carbocycles. The van der Waals surface area contributed by atoms with Gasteiger partial charge in [-0.1, -0.05) is 6.07 Å². The lowest BCUT2D eigenvalue weighted by molar-refractivity contribution is 0.251. The van der Waals surface area contributed by atoms with E-state index in [9.17, 15) is 13.2 Å². The number of carbonyl (C=O) groups excluding carboxylic acids is 1. The number of nitrogens with one attached hydrogen (secondary N) is 2. The van der Waals surface area contributed by atoms with Crippen LogP contribution in [0, 0.1) is 6.92 Å². The van der Waals surface area contributed by atoms with Crippen molar-refractivity contribution in [1.29, 1.82) is 0 Å². The second-order valence-corrected chi connectivity index (χ2v) is 8.25. The van der Waals surface area contributed by atoms with E-state index in [0.29, 0.717) is 23.5 Å². The van der Waals surface area contributed by atoms with Gasteiger partial charge in [0.05, 0.1) is 16.9 Å². The van der Waals surface area contributed by atoms with Gasteiger partial charge in [0.1, 0.15) is 5.75 Å². The molecule has 2 amide bonds. The predicted octanol–water partition coefficient (Wildman–Crippen LogP) is 3.55. The van der Waals surface area contributed by atoms with E-state index in [1.54, 1.807) is 49.6 Å². The van der Waals surface area contributed by atoms with Crippen molar-refractivity contribution < 1.29 is 17.9 Å². The van der Waals surface area contributed by atoms with E-state index >= 15 is 0 Å². The molecule has 1 heterocycles. The summed E-state index contributed by atoms with van der Waals surface area (Å²) in [6.45, 7) is 2.06. The number of ether oxygens (including phenoxy) is 1. The molecule has 0 radical (unpaired) electrons. The lowest BCUT2D eigenvalue weighted by atomic mass is 10.2. The highest BCUT2D eigenvalue weighted by atomic mass is 32.2. The van der Waals surface area contributed by atoms with Crippen molar-refractivity contribution in [2.24, 2.45) is 0 Å². The number of amides is 2. The number of aromatic nitrogens is 1. The molecule has 1 aromatic heterocycles. The first-order valence-corrected chi connectivity index (χ1v) is 10.3. The Morgan fingerprint density at radius 2 is 1.86 bits per heavy atom. The van der Waals surface area contributed by atoms with Crippen LogP contribution in [0.1, 0.15) is 11.1 Å². The van der Waals surface area contributed by atoms with Crippen molar-refractivity contribution in [2.45, 2.75) is 23.3 Å². The standard InChI is InChI=1S/C21H21N3O4S/c1-15-12-18(28-2)7-10-20(15)29(26,27)19-8-5-17(6-9-19)24-21(25)23-14-16-4-3-11-22-13-16/h3-13H,14H2,1-2H3,(H2,23,24,25). The lowest BCUT2D eigenvalue weighted by Crippen LogP contribution is -2.28. The SMILES string of the molecule is COc1ccc(S(=O)(=O)c2ccc(NC(=O)NCc3cccnc3)cc2)c(C)c1. The van der Waals surface area contributed by atoms with E-state index in [2.05, 4.69) is 15.6 Å². The Morgan fingerprint density at radius 1 is 1.10 bits per heavy atom. The van der Waals surface area contributed by atoms with Gasteiger partial charge in [0.25, 0.3) is 0 Å². The molecule has 0 saturated carbocycles. The fraction of sp³-hybridized carbons (Fsp3) is 0.143. The van der Waals surface area contributed by atoms with E-state index < -0.39 is 15.9 Å². The molecular formula is C21H21N3O4S. The summed E-state index contributed by atoms with van der Waals surface area (Å²) >= 11 is 0. The summed E-state index contributed by atoms with van der Waals surface area (Å²) in [5.74, 6) is 0.596. The van der Waals surface area contributed by atoms with E-state index in [-0.39, 0.29) is 9.79 Å². The highest BCUT2D eigenvalue weighted by Crippen LogP contribution is 2.27. The van der Waals surface area contributed by atoms with Crippen LogP contribution in [-0.4, -0.2) is 26.5 Å². The van der Waals surface area contributed by atoms with E-state index in [1.165, 1.54) is 25.3 Å². The first kappa shape index (κ1) is 20.3. The van der Waals surface area contributed by atoms with Gasteiger partial charge < -0.3 is 15.4 Å². The van der Waals surface area contributed by atoms with Crippen LogP contribution in [0.4, 0.5) is 10.5 Å². The molecule has 0 saturated heterocycles. The number of hydrogen-bond acceptors (Lipinski definition) is 5. The van der Waals surface area contributed by atoms with Crippen molar-refractivity contribution in [3.05, 3.63) is 78.1 Å². The van der Waals surface area contributed by atoms with E-state index in [4.69, 9.17) is 4.74 Å². The monoisotopic (exact) mass is 411 g/mol. The predicted molar refractivity (Wildman–Crippen MR) is 110 cm³/mol. The number of rotatable bonds is 6. The van der Waals surface area contributed by atoms with Gasteiger partial charge >= 0.3 is 6.03 Å². The fourth-order valence-electron chi connectivity index (χ4n) is 2.76. The summed E-state index contributed by atoms with van der Waals surface area (Å²) < 4.78 is 30.9. The summed E-state index contributed by atoms with van der Waals surface area (Å²) in [5, 5.41) is 5.39. The molecule has 0 spiro atoms. The molecule has 2 N–H and O–H groups in total. The third-order valence-corrected chi connectivity index (χ3v) is 6.20. The van der Waals surface area contributed by atoms with Crippen molar-refractivity contribution in [3.63, 3.8) is 0 Å². The normalized spacial score (nSPS) is 11.0. The summed E-state index contributed by atoms with van der Waals surface area (Å²) in [7, 11) is -2.15. The molecule has 0 fully saturated rings. The van der Waals surface area contributed by atoms with Crippen LogP contribution >= 0.6 is 0 Å². The van der Waals surface area contributed by atoms with Crippen LogP contribution in [-0.2, 0) is 16.4 Å². The number of aryl methyl sites for hydroxylation is 1. The zero-order chi connectivity index (χ0) is 20.9. The summed E-state index contributed by atoms with van der Waals surface area (Å²) in [5.41, 5.74) is 1.96. The minimum atomic E-state index is -3.68. The van der Waals surface area contributed by atoms with Crippen molar-refractivity contribution in [1.82, 2.24) is 10.3 Å². The molecule has 0 aliphatic heterocycles. The number of pyridine rings is 1. The maximum atomic E-state index is 12.9. The maximum Gasteiger partial charge on any atom is 0.319 e. The van der Waals surface area contributed by atoms with Crippen LogP contribution in [0.15, 0.2) is 76.8 Å². The van der Waals surface area contributed by atoms with Crippen LogP contribution < -0.4 is 15.4 Å². The Morgan fingerprint density at radius 3 is 2.48 bits per heavy atom. The van der Waals surface area contributed by atoms with Crippen LogP contribution in [0.2, 0.25) is 0 Å². The highest BCUT2D eigenvalue weighted by molar-refractivity contribution is 7.91. The smallest absolute Gasteiger partial charge is 0.319 e. The topological polar surface area (TPSA) is 97.4 Å². The van der Waals surface area contributed by atoms with Gasteiger partial charge in [-0.3, -0.25) is 4.98 Å². The van der Waals surface area contributed by atoms with Crippen molar-refractivity contribution in [2.75, 3.05) is 12.4 Å². The maximum absolute atomic E-state index is 12.9. The number of nitrogens with zero attached hydrogens (tertiary/aromatic N) is 1. The Labute approximate surface area is 169 Å². The highest BCUT2D eigenvalue weighted by Gasteiger charge is 2.20. The molecule has 0 aliphatic carbocycles. The molecule has 8 heteroatoms. The van der Waals surface area contributed by atoms with Gasteiger partial charge in [-0.25, -0.2) is 13.2 Å². The van der Waals surface area contributed by atoms with Crippen LogP contribution in [0.25, 0.3) is 0 Å². The number of anilines is 1. The number of benzene rings is 2. The number of carbonyl (C=O) groups is 1. The number of urea groups is 1. The zero-order valence-corrected chi connectivity index (χ0v) is 16.9. The Kier molecular flexibility index (Phi) is 6.13. The van der Waals surface area contributed by atoms with Gasteiger partial charge in [0.15, 0.2) is 0 Å². The molecule has 0 atom stereocenters. The molecule has 3 rings (SSSR count). The van der Waals surface area contributed by atoms with Gasteiger partial charge in [0, 0.05) is 24.6 Å². The third kappa shape index (κ3) is 4.91. The molecule has 7 nitrogen and oxygen atoms in total. The second-order valence-electron chi connectivity index (χ2n) is 6.33. The largest absolute Gasteiger partial charge is 0.497 e. The average molecular weight is 411 g/mol. The first-order chi connectivity index (χ1) is 13.9. The van der Waals surface area contributed by atoms with Gasteiger partial charge in [-0.2, -0.15) is 0 Å². The summed E-state index contributed by atoms with van der Waals surface area (Å²) in [6.07, 6.45) is 3.33. The minimum absolute atomic E-state index is 0.145. The quantitative estimate of drug-likeness (QED) is 0.646. The van der Waals surface area contributed by atoms with Gasteiger partial charge in [-0.05, 0) is 66.6 Å². The number of methoxy groups -OCH3 is 1. The Hall–Kier alpha value is -3.39. The molecule has 29 heavy (non-hydrogen) atoms. The van der Waals surface area contributed by atoms with E-state index in [0.717, 1.165) is 5.56 Å². The third-order valence-electron chi connectivity index (χ3n) is 4.27. The zero-order valence-electron chi connectivity index (χ0n) is 16.0. The molecule has 0 aliphatic rings. The van der Waals surface area contributed by atoms with E-state index in [1.807, 2.05) is 6.07 Å². The molecular weight excluding hydrogens is 390 g/mol. The summed E-state index contributed by atoms with van der Waals surface area (Å²) in [6, 6.07) is 14.1. The van der Waals surface area contributed by atoms with Crippen molar-refractivity contribution in [3.8, 4) is 5.75 Å². The van der Waals surface area contributed by atoms with Crippen molar-refractivity contribution >= 4 is 21.6 Å². The van der Waals surface area contributed by atoms with Gasteiger partial charge in [0.2, 0.25) is 9.84 Å². The molecule has 150 valence electrons. The molecule has 0 bridgehead atoms. The lowest BCUT2D eigenvalue weighted by Gasteiger charge is -2.11. The average Bonchev–Trinajstić information content (AvgIpc) is 2.73. The molecule has 3 aromatic rings. The molecule has 0 unspecified atom stereocenters. The fourth-order valence-corrected chi connectivity index (χ4v) is 4.23. The van der Waals surface area contributed by atoms with Crippen LogP contribution in [0.3, 0.4) is 0 Å². The van der Waals surface area contributed by atoms with Crippen LogP contribution in [0.5, 0.6) is 5.75 Å². The number of sulfone groups is 1. The number of hydrogen-bond donors (Lipinski definition) is 2. The Bertz CT molecular complexity index is 1100. The first-order valence-electron chi connectivity index (χ1n) is 8.84. The minimum Gasteiger partial charge on any atom is -0.497 e. The summed E-state index contributed by atoms with van der Waals surface area (Å²) in [4.78, 5) is 16.4.